The number of carbonyl (C=O) groups excluding carboxylic acids is 2. The van der Waals surface area contributed by atoms with E-state index in [1.807, 2.05) is 62.4 Å². The maximum absolute atomic E-state index is 12.2. The number of nitrogens with one attached hydrogen (secondary N) is 3. The van der Waals surface area contributed by atoms with Crippen LogP contribution >= 0.6 is 0 Å². The van der Waals surface area contributed by atoms with Crippen LogP contribution in [0.5, 0.6) is 0 Å². The zero-order chi connectivity index (χ0) is 19.9. The first-order valence-electron chi connectivity index (χ1n) is 8.99. The Morgan fingerprint density at radius 3 is 2.50 bits per heavy atom. The Kier molecular flexibility index (Phi) is 6.06. The van der Waals surface area contributed by atoms with E-state index in [-0.39, 0.29) is 12.5 Å². The summed E-state index contributed by atoms with van der Waals surface area (Å²) in [6.07, 6.45) is 0. The predicted octanol–water partition coefficient (Wildman–Crippen LogP) is 3.31. The molecule has 0 radical (unpaired) electrons. The van der Waals surface area contributed by atoms with Gasteiger partial charge >= 0.3 is 6.03 Å². The number of aromatic nitrogens is 2. The van der Waals surface area contributed by atoms with Crippen molar-refractivity contribution in [2.75, 3.05) is 17.2 Å². The van der Waals surface area contributed by atoms with Gasteiger partial charge in [0.2, 0.25) is 5.91 Å². The summed E-state index contributed by atoms with van der Waals surface area (Å²) in [5.74, 6) is 0.265. The van der Waals surface area contributed by atoms with Crippen LogP contribution in [-0.2, 0) is 11.3 Å². The maximum Gasteiger partial charge on any atom is 0.319 e. The van der Waals surface area contributed by atoms with Gasteiger partial charge in [0.15, 0.2) is 0 Å². The van der Waals surface area contributed by atoms with Crippen LogP contribution in [0.4, 0.5) is 16.3 Å². The summed E-state index contributed by atoms with van der Waals surface area (Å²) in [5.41, 5.74) is 3.60. The van der Waals surface area contributed by atoms with Crippen molar-refractivity contribution in [3.05, 3.63) is 77.5 Å². The van der Waals surface area contributed by atoms with E-state index < -0.39 is 6.03 Å². The lowest BCUT2D eigenvalue weighted by Gasteiger charge is -2.10. The highest BCUT2D eigenvalue weighted by molar-refractivity contribution is 5.96. The molecular formula is C21H23N5O2. The molecule has 0 aliphatic carbocycles. The number of anilines is 2. The molecule has 0 bridgehead atoms. The molecule has 0 aliphatic rings. The number of benzene rings is 2. The van der Waals surface area contributed by atoms with Crippen molar-refractivity contribution in [3.63, 3.8) is 0 Å². The van der Waals surface area contributed by atoms with Gasteiger partial charge in [-0.15, -0.1) is 0 Å². The van der Waals surface area contributed by atoms with E-state index in [0.717, 1.165) is 16.8 Å². The molecular weight excluding hydrogens is 354 g/mol. The van der Waals surface area contributed by atoms with Gasteiger partial charge in [-0.25, -0.2) is 9.48 Å². The summed E-state index contributed by atoms with van der Waals surface area (Å²) in [4.78, 5) is 24.2. The number of carbonyl (C=O) groups is 2. The van der Waals surface area contributed by atoms with Gasteiger partial charge in [0.05, 0.1) is 18.8 Å². The molecule has 0 aliphatic heterocycles. The molecule has 144 valence electrons. The van der Waals surface area contributed by atoms with Crippen molar-refractivity contribution in [1.29, 1.82) is 0 Å². The maximum atomic E-state index is 12.2. The Morgan fingerprint density at radius 1 is 0.964 bits per heavy atom. The average molecular weight is 377 g/mol. The van der Waals surface area contributed by atoms with Gasteiger partial charge < -0.3 is 16.0 Å². The van der Waals surface area contributed by atoms with Crippen molar-refractivity contribution in [2.24, 2.45) is 0 Å². The number of nitrogens with zero attached hydrogens (tertiary/aromatic N) is 2. The van der Waals surface area contributed by atoms with Crippen LogP contribution in [-0.4, -0.2) is 28.3 Å². The fourth-order valence-corrected chi connectivity index (χ4v) is 2.77. The lowest BCUT2D eigenvalue weighted by molar-refractivity contribution is -0.115. The molecule has 0 fully saturated rings. The number of urea groups is 1. The minimum absolute atomic E-state index is 0.146. The second kappa shape index (κ2) is 8.85. The molecule has 1 heterocycles. The van der Waals surface area contributed by atoms with Crippen LogP contribution in [0.1, 0.15) is 16.8 Å². The van der Waals surface area contributed by atoms with Crippen LogP contribution in [0, 0.1) is 13.8 Å². The molecule has 2 aromatic carbocycles. The zero-order valence-electron chi connectivity index (χ0n) is 15.9. The molecule has 3 N–H and O–H groups in total. The Morgan fingerprint density at radius 2 is 1.75 bits per heavy atom. The third kappa shape index (κ3) is 5.44. The molecule has 0 spiro atoms. The minimum atomic E-state index is -0.435. The van der Waals surface area contributed by atoms with Gasteiger partial charge in [-0.2, -0.15) is 5.10 Å². The van der Waals surface area contributed by atoms with Gasteiger partial charge in [0.1, 0.15) is 5.82 Å². The Balaban J connectivity index is 1.54. The van der Waals surface area contributed by atoms with E-state index in [4.69, 9.17) is 0 Å². The highest BCUT2D eigenvalue weighted by Crippen LogP contribution is 2.13. The number of hydrogen-bond donors (Lipinski definition) is 3. The molecule has 0 atom stereocenters. The fourth-order valence-electron chi connectivity index (χ4n) is 2.77. The molecule has 3 amide bonds. The fraction of sp³-hybridized carbons (Fsp3) is 0.190. The van der Waals surface area contributed by atoms with Crippen LogP contribution in [0.2, 0.25) is 0 Å². The van der Waals surface area contributed by atoms with Gasteiger partial charge in [-0.1, -0.05) is 42.5 Å². The molecule has 7 heteroatoms. The molecule has 28 heavy (non-hydrogen) atoms. The van der Waals surface area contributed by atoms with E-state index in [1.165, 1.54) is 0 Å². The van der Waals surface area contributed by atoms with E-state index in [1.54, 1.807) is 16.8 Å². The molecule has 3 aromatic rings. The van der Waals surface area contributed by atoms with Crippen molar-refractivity contribution >= 4 is 23.4 Å². The van der Waals surface area contributed by atoms with Crippen molar-refractivity contribution in [3.8, 4) is 0 Å². The zero-order valence-corrected chi connectivity index (χ0v) is 15.9. The monoisotopic (exact) mass is 377 g/mol. The van der Waals surface area contributed by atoms with Gasteiger partial charge in [-0.05, 0) is 37.1 Å². The van der Waals surface area contributed by atoms with Gasteiger partial charge in [0.25, 0.3) is 0 Å². The largest absolute Gasteiger partial charge is 0.329 e. The van der Waals surface area contributed by atoms with Crippen LogP contribution in [0.25, 0.3) is 0 Å². The smallest absolute Gasteiger partial charge is 0.319 e. The molecule has 0 saturated carbocycles. The van der Waals surface area contributed by atoms with Crippen molar-refractivity contribution < 1.29 is 9.59 Å². The third-order valence-electron chi connectivity index (χ3n) is 4.03. The highest BCUT2D eigenvalue weighted by atomic mass is 16.2. The first kappa shape index (κ1) is 19.2. The van der Waals surface area contributed by atoms with Crippen LogP contribution < -0.4 is 16.0 Å². The standard InChI is InChI=1S/C21H23N5O2/c1-15-7-6-10-18(11-15)23-21(28)22-13-20(27)24-19-12-16(2)25-26(19)14-17-8-4-3-5-9-17/h3-12H,13-14H2,1-2H3,(H,24,27)(H2,22,23,28). The first-order chi connectivity index (χ1) is 13.5. The second-order valence-corrected chi connectivity index (χ2v) is 6.54. The predicted molar refractivity (Wildman–Crippen MR) is 109 cm³/mol. The van der Waals surface area contributed by atoms with Gasteiger partial charge in [0, 0.05) is 11.8 Å². The SMILES string of the molecule is Cc1cccc(NC(=O)NCC(=O)Nc2cc(C)nn2Cc2ccccc2)c1. The van der Waals surface area contributed by atoms with E-state index in [9.17, 15) is 9.59 Å². The third-order valence-corrected chi connectivity index (χ3v) is 4.03. The van der Waals surface area contributed by atoms with Gasteiger partial charge in [-0.3, -0.25) is 4.79 Å². The number of rotatable bonds is 6. The highest BCUT2D eigenvalue weighted by Gasteiger charge is 2.11. The Hall–Kier alpha value is -3.61. The molecule has 0 unspecified atom stereocenters. The molecule has 3 rings (SSSR count). The topological polar surface area (TPSA) is 88.1 Å². The van der Waals surface area contributed by atoms with Crippen LogP contribution in [0.15, 0.2) is 60.7 Å². The number of amides is 3. The minimum Gasteiger partial charge on any atom is -0.329 e. The molecule has 1 aromatic heterocycles. The van der Waals surface area contributed by atoms with E-state index in [2.05, 4.69) is 21.0 Å². The number of aryl methyl sites for hydroxylation is 2. The quantitative estimate of drug-likeness (QED) is 0.616. The van der Waals surface area contributed by atoms with E-state index in [0.29, 0.717) is 18.1 Å². The number of hydrogen-bond acceptors (Lipinski definition) is 3. The average Bonchev–Trinajstić information content (AvgIpc) is 2.99. The lowest BCUT2D eigenvalue weighted by atomic mass is 10.2. The van der Waals surface area contributed by atoms with Crippen molar-refractivity contribution in [1.82, 2.24) is 15.1 Å². The Bertz CT molecular complexity index is 966. The molecule has 7 nitrogen and oxygen atoms in total. The summed E-state index contributed by atoms with van der Waals surface area (Å²) in [6, 6.07) is 18.7. The van der Waals surface area contributed by atoms with E-state index >= 15 is 0 Å². The Labute approximate surface area is 163 Å². The van der Waals surface area contributed by atoms with Crippen molar-refractivity contribution in [2.45, 2.75) is 20.4 Å². The lowest BCUT2D eigenvalue weighted by Crippen LogP contribution is -2.36. The summed E-state index contributed by atoms with van der Waals surface area (Å²) < 4.78 is 1.73. The summed E-state index contributed by atoms with van der Waals surface area (Å²) >= 11 is 0. The second-order valence-electron chi connectivity index (χ2n) is 6.54. The molecule has 0 saturated heterocycles. The summed E-state index contributed by atoms with van der Waals surface area (Å²) in [7, 11) is 0. The summed E-state index contributed by atoms with van der Waals surface area (Å²) in [6.45, 7) is 4.21. The first-order valence-corrected chi connectivity index (χ1v) is 8.99. The summed E-state index contributed by atoms with van der Waals surface area (Å²) in [5, 5.41) is 12.5. The van der Waals surface area contributed by atoms with Crippen LogP contribution in [0.3, 0.4) is 0 Å². The normalized spacial score (nSPS) is 10.4.